The molecular weight excluding hydrogens is 282 g/mol. The molecule has 0 aromatic carbocycles. The molecule has 19 heavy (non-hydrogen) atoms. The van der Waals surface area contributed by atoms with E-state index < -0.39 is 10.0 Å². The Morgan fingerprint density at radius 2 is 2.11 bits per heavy atom. The van der Waals surface area contributed by atoms with Crippen molar-refractivity contribution in [3.05, 3.63) is 16.1 Å². The normalized spacial score (nSPS) is 28.9. The van der Waals surface area contributed by atoms with Crippen LogP contribution in [0.2, 0.25) is 0 Å². The molecule has 7 heteroatoms. The van der Waals surface area contributed by atoms with Crippen molar-refractivity contribution >= 4 is 21.4 Å². The van der Waals surface area contributed by atoms with Crippen molar-refractivity contribution in [3.8, 4) is 0 Å². The van der Waals surface area contributed by atoms with Gasteiger partial charge < -0.3 is 0 Å². The van der Waals surface area contributed by atoms with Gasteiger partial charge in [0.1, 0.15) is 0 Å². The van der Waals surface area contributed by atoms with Crippen LogP contribution in [0, 0.1) is 6.92 Å². The first-order valence-electron chi connectivity index (χ1n) is 6.57. The smallest absolute Gasteiger partial charge is 0.211 e. The van der Waals surface area contributed by atoms with Crippen molar-refractivity contribution in [2.75, 3.05) is 19.3 Å². The molecule has 3 rings (SSSR count). The fourth-order valence-corrected chi connectivity index (χ4v) is 5.11. The van der Waals surface area contributed by atoms with Gasteiger partial charge in [0.2, 0.25) is 10.0 Å². The Bertz CT molecular complexity index is 569. The maximum absolute atomic E-state index is 11.7. The maximum Gasteiger partial charge on any atom is 0.211 e. The fourth-order valence-electron chi connectivity index (χ4n) is 3.33. The van der Waals surface area contributed by atoms with Gasteiger partial charge in [0, 0.05) is 37.1 Å². The quantitative estimate of drug-likeness (QED) is 0.838. The molecule has 0 radical (unpaired) electrons. The highest BCUT2D eigenvalue weighted by Gasteiger charge is 2.45. The molecule has 3 heterocycles. The van der Waals surface area contributed by atoms with Crippen LogP contribution in [-0.2, 0) is 16.6 Å². The molecule has 0 bridgehead atoms. The number of likely N-dealkylation sites (tertiary alicyclic amines) is 1. The monoisotopic (exact) mass is 301 g/mol. The zero-order valence-corrected chi connectivity index (χ0v) is 12.9. The van der Waals surface area contributed by atoms with Crippen molar-refractivity contribution < 1.29 is 8.42 Å². The molecule has 0 amide bonds. The molecule has 2 aliphatic rings. The zero-order valence-electron chi connectivity index (χ0n) is 11.2. The lowest BCUT2D eigenvalue weighted by atomic mass is 10.1. The summed E-state index contributed by atoms with van der Waals surface area (Å²) >= 11 is 1.67. The molecule has 0 spiro atoms. The van der Waals surface area contributed by atoms with Crippen molar-refractivity contribution in [3.63, 3.8) is 0 Å². The molecular formula is C12H19N3O2S2. The molecule has 0 N–H and O–H groups in total. The standard InChI is InChI=1S/C12H19N3O2S2/c1-9-13-10(8-18-9)7-14-5-3-12-11(14)4-6-15(12)19(2,16)17/h8,11-12H,3-7H2,1-2H3/t11-,12+/m1/s1. The third-order valence-electron chi connectivity index (χ3n) is 4.10. The van der Waals surface area contributed by atoms with E-state index in [1.807, 2.05) is 6.92 Å². The van der Waals surface area contributed by atoms with Crippen LogP contribution >= 0.6 is 11.3 Å². The highest BCUT2D eigenvalue weighted by Crippen LogP contribution is 2.34. The summed E-state index contributed by atoms with van der Waals surface area (Å²) in [7, 11) is -3.06. The average Bonchev–Trinajstić information content (AvgIpc) is 2.95. The van der Waals surface area contributed by atoms with Gasteiger partial charge in [-0.15, -0.1) is 11.3 Å². The van der Waals surface area contributed by atoms with E-state index in [9.17, 15) is 8.42 Å². The first kappa shape index (κ1) is 13.5. The van der Waals surface area contributed by atoms with Crippen molar-refractivity contribution in [1.29, 1.82) is 0 Å². The fraction of sp³-hybridized carbons (Fsp3) is 0.750. The molecule has 0 saturated carbocycles. The number of fused-ring (bicyclic) bond motifs is 1. The first-order valence-corrected chi connectivity index (χ1v) is 9.30. The van der Waals surface area contributed by atoms with Gasteiger partial charge in [-0.25, -0.2) is 13.4 Å². The highest BCUT2D eigenvalue weighted by molar-refractivity contribution is 7.88. The third kappa shape index (κ3) is 2.56. The van der Waals surface area contributed by atoms with Gasteiger partial charge >= 0.3 is 0 Å². The number of aromatic nitrogens is 1. The zero-order chi connectivity index (χ0) is 13.6. The Labute approximate surface area is 118 Å². The number of nitrogens with zero attached hydrogens (tertiary/aromatic N) is 3. The van der Waals surface area contributed by atoms with Gasteiger partial charge in [-0.1, -0.05) is 0 Å². The number of hydrogen-bond donors (Lipinski definition) is 0. The summed E-state index contributed by atoms with van der Waals surface area (Å²) in [5.74, 6) is 0. The van der Waals surface area contributed by atoms with Gasteiger partial charge in [0.25, 0.3) is 0 Å². The first-order chi connectivity index (χ1) is 8.95. The molecule has 1 aromatic rings. The van der Waals surface area contributed by atoms with E-state index in [4.69, 9.17) is 0 Å². The number of sulfonamides is 1. The van der Waals surface area contributed by atoms with Crippen LogP contribution in [-0.4, -0.2) is 54.0 Å². The summed E-state index contributed by atoms with van der Waals surface area (Å²) in [4.78, 5) is 6.89. The molecule has 0 aliphatic carbocycles. The molecule has 0 unspecified atom stereocenters. The molecule has 1 aromatic heterocycles. The van der Waals surface area contributed by atoms with Crippen molar-refractivity contribution in [1.82, 2.24) is 14.2 Å². The second-order valence-electron chi connectivity index (χ2n) is 5.41. The minimum Gasteiger partial charge on any atom is -0.293 e. The SMILES string of the molecule is Cc1nc(CN2CC[C@H]3[C@H]2CCN3S(C)(=O)=O)cs1. The van der Waals surface area contributed by atoms with Gasteiger partial charge in [-0.2, -0.15) is 4.31 Å². The second-order valence-corrected chi connectivity index (χ2v) is 8.41. The number of hydrogen-bond acceptors (Lipinski definition) is 5. The Hall–Kier alpha value is -0.500. The van der Waals surface area contributed by atoms with Crippen LogP contribution in [0.4, 0.5) is 0 Å². The Morgan fingerprint density at radius 3 is 2.74 bits per heavy atom. The van der Waals surface area contributed by atoms with Gasteiger partial charge in [-0.3, -0.25) is 4.90 Å². The lowest BCUT2D eigenvalue weighted by Crippen LogP contribution is -2.39. The van der Waals surface area contributed by atoms with Crippen LogP contribution in [0.3, 0.4) is 0 Å². The van der Waals surface area contributed by atoms with E-state index in [1.165, 1.54) is 6.26 Å². The molecule has 2 aliphatic heterocycles. The molecule has 2 saturated heterocycles. The van der Waals surface area contributed by atoms with Gasteiger partial charge in [0.15, 0.2) is 0 Å². The van der Waals surface area contributed by atoms with E-state index in [1.54, 1.807) is 15.6 Å². The van der Waals surface area contributed by atoms with Crippen LogP contribution < -0.4 is 0 Å². The van der Waals surface area contributed by atoms with Crippen LogP contribution in [0.25, 0.3) is 0 Å². The number of rotatable bonds is 3. The van der Waals surface area contributed by atoms with E-state index in [2.05, 4.69) is 15.3 Å². The molecule has 5 nitrogen and oxygen atoms in total. The summed E-state index contributed by atoms with van der Waals surface area (Å²) in [6.45, 7) is 4.50. The summed E-state index contributed by atoms with van der Waals surface area (Å²) in [6.07, 6.45) is 3.21. The van der Waals surface area contributed by atoms with Crippen molar-refractivity contribution in [2.45, 2.75) is 38.4 Å². The van der Waals surface area contributed by atoms with Crippen LogP contribution in [0.5, 0.6) is 0 Å². The number of thiazole rings is 1. The minimum absolute atomic E-state index is 0.176. The third-order valence-corrected chi connectivity index (χ3v) is 6.23. The summed E-state index contributed by atoms with van der Waals surface area (Å²) in [5.41, 5.74) is 1.11. The summed E-state index contributed by atoms with van der Waals surface area (Å²) < 4.78 is 25.2. The van der Waals surface area contributed by atoms with Gasteiger partial charge in [0.05, 0.1) is 17.0 Å². The summed E-state index contributed by atoms with van der Waals surface area (Å²) in [6, 6.07) is 0.548. The average molecular weight is 301 g/mol. The highest BCUT2D eigenvalue weighted by atomic mass is 32.2. The topological polar surface area (TPSA) is 53.5 Å². The van der Waals surface area contributed by atoms with Crippen LogP contribution in [0.1, 0.15) is 23.5 Å². The van der Waals surface area contributed by atoms with E-state index in [0.717, 1.165) is 36.6 Å². The van der Waals surface area contributed by atoms with E-state index >= 15 is 0 Å². The Kier molecular flexibility index (Phi) is 3.41. The Morgan fingerprint density at radius 1 is 1.37 bits per heavy atom. The lowest BCUT2D eigenvalue weighted by molar-refractivity contribution is 0.238. The maximum atomic E-state index is 11.7. The van der Waals surface area contributed by atoms with Crippen molar-refractivity contribution in [2.24, 2.45) is 0 Å². The summed E-state index contributed by atoms with van der Waals surface area (Å²) in [5, 5.41) is 3.20. The second kappa shape index (κ2) is 4.80. The van der Waals surface area contributed by atoms with Crippen LogP contribution in [0.15, 0.2) is 5.38 Å². The van der Waals surface area contributed by atoms with E-state index in [-0.39, 0.29) is 6.04 Å². The van der Waals surface area contributed by atoms with Gasteiger partial charge in [-0.05, 0) is 19.8 Å². The predicted octanol–water partition coefficient (Wildman–Crippen LogP) is 1.06. The number of aryl methyl sites for hydroxylation is 1. The molecule has 2 fully saturated rings. The molecule has 106 valence electrons. The Balaban J connectivity index is 1.72. The lowest BCUT2D eigenvalue weighted by Gasteiger charge is -2.23. The van der Waals surface area contributed by atoms with E-state index in [0.29, 0.717) is 12.6 Å². The largest absolute Gasteiger partial charge is 0.293 e. The minimum atomic E-state index is -3.06. The predicted molar refractivity (Wildman–Crippen MR) is 75.6 cm³/mol. The molecule has 2 atom stereocenters.